The summed E-state index contributed by atoms with van der Waals surface area (Å²) in [6.07, 6.45) is 1.60. The minimum atomic E-state index is -0.460. The summed E-state index contributed by atoms with van der Waals surface area (Å²) in [5.74, 6) is 0.821. The van der Waals surface area contributed by atoms with Gasteiger partial charge >= 0.3 is 6.09 Å². The number of ether oxygens (including phenoxy) is 1. The lowest BCUT2D eigenvalue weighted by atomic mass is 10.0. The van der Waals surface area contributed by atoms with E-state index >= 15 is 0 Å². The minimum absolute atomic E-state index is 0.226. The molecule has 7 heteroatoms. The van der Waals surface area contributed by atoms with E-state index in [4.69, 9.17) is 20.9 Å². The summed E-state index contributed by atoms with van der Waals surface area (Å²) in [6.45, 7) is 7.76. The normalized spacial score (nSPS) is 15.9. The Morgan fingerprint density at radius 3 is 2.54 bits per heavy atom. The first-order chi connectivity index (χ1) is 13.2. The Morgan fingerprint density at radius 2 is 1.93 bits per heavy atom. The fourth-order valence-corrected chi connectivity index (χ4v) is 3.46. The Hall–Kier alpha value is -2.05. The summed E-state index contributed by atoms with van der Waals surface area (Å²) >= 11 is 5.94. The van der Waals surface area contributed by atoms with Gasteiger partial charge in [0, 0.05) is 35.8 Å². The lowest BCUT2D eigenvalue weighted by Gasteiger charge is -2.36. The molecule has 2 heterocycles. The van der Waals surface area contributed by atoms with Crippen molar-refractivity contribution in [2.45, 2.75) is 51.8 Å². The second kappa shape index (κ2) is 8.53. The van der Waals surface area contributed by atoms with Gasteiger partial charge in [-0.3, -0.25) is 4.90 Å². The molecule has 152 valence electrons. The predicted octanol–water partition coefficient (Wildman–Crippen LogP) is 4.83. The monoisotopic (exact) mass is 405 g/mol. The molecule has 1 aromatic heterocycles. The Morgan fingerprint density at radius 1 is 1.29 bits per heavy atom. The molecule has 2 aromatic rings. The van der Waals surface area contributed by atoms with Gasteiger partial charge in [-0.2, -0.15) is 0 Å². The van der Waals surface area contributed by atoms with E-state index < -0.39 is 5.60 Å². The molecule has 1 aliphatic heterocycles. The molecule has 1 amide bonds. The van der Waals surface area contributed by atoms with Gasteiger partial charge in [0.05, 0.1) is 6.54 Å². The zero-order valence-electron chi connectivity index (χ0n) is 16.9. The van der Waals surface area contributed by atoms with Crippen molar-refractivity contribution in [2.75, 3.05) is 20.1 Å². The van der Waals surface area contributed by atoms with E-state index in [1.165, 1.54) is 0 Å². The average molecular weight is 406 g/mol. The van der Waals surface area contributed by atoms with Crippen molar-refractivity contribution in [1.29, 1.82) is 0 Å². The lowest BCUT2D eigenvalue weighted by Crippen LogP contribution is -2.46. The molecule has 0 saturated carbocycles. The van der Waals surface area contributed by atoms with Gasteiger partial charge in [-0.1, -0.05) is 28.9 Å². The highest BCUT2D eigenvalue weighted by Crippen LogP contribution is 2.24. The van der Waals surface area contributed by atoms with Crippen LogP contribution in [-0.4, -0.2) is 52.8 Å². The predicted molar refractivity (Wildman–Crippen MR) is 109 cm³/mol. The molecule has 3 rings (SSSR count). The number of piperidine rings is 1. The van der Waals surface area contributed by atoms with Crippen LogP contribution in [0.1, 0.15) is 39.4 Å². The molecular formula is C21H28ClN3O3. The first kappa shape index (κ1) is 20.7. The van der Waals surface area contributed by atoms with Crippen LogP contribution in [-0.2, 0) is 11.3 Å². The van der Waals surface area contributed by atoms with Crippen LogP contribution in [0.3, 0.4) is 0 Å². The molecule has 0 radical (unpaired) electrons. The van der Waals surface area contributed by atoms with E-state index in [9.17, 15) is 4.79 Å². The van der Waals surface area contributed by atoms with Crippen LogP contribution < -0.4 is 0 Å². The molecule has 0 aliphatic carbocycles. The average Bonchev–Trinajstić information content (AvgIpc) is 3.09. The third kappa shape index (κ3) is 5.49. The number of likely N-dealkylation sites (tertiary alicyclic amines) is 1. The molecule has 0 bridgehead atoms. The molecular weight excluding hydrogens is 378 g/mol. The largest absolute Gasteiger partial charge is 0.444 e. The lowest BCUT2D eigenvalue weighted by molar-refractivity contribution is 0.0149. The number of rotatable bonds is 4. The van der Waals surface area contributed by atoms with Crippen LogP contribution in [0.2, 0.25) is 5.02 Å². The summed E-state index contributed by atoms with van der Waals surface area (Å²) in [5, 5.41) is 4.87. The van der Waals surface area contributed by atoms with Crippen molar-refractivity contribution in [3.8, 4) is 11.3 Å². The first-order valence-electron chi connectivity index (χ1n) is 9.61. The topological polar surface area (TPSA) is 58.8 Å². The number of aromatic nitrogens is 1. The van der Waals surface area contributed by atoms with Gasteiger partial charge in [0.25, 0.3) is 0 Å². The van der Waals surface area contributed by atoms with E-state index in [2.05, 4.69) is 17.1 Å². The fourth-order valence-electron chi connectivity index (χ4n) is 3.33. The van der Waals surface area contributed by atoms with Crippen molar-refractivity contribution in [3.63, 3.8) is 0 Å². The van der Waals surface area contributed by atoms with Crippen LogP contribution in [0.4, 0.5) is 4.79 Å². The minimum Gasteiger partial charge on any atom is -0.444 e. The molecule has 1 aromatic carbocycles. The van der Waals surface area contributed by atoms with Gasteiger partial charge in [-0.15, -0.1) is 0 Å². The van der Waals surface area contributed by atoms with Crippen molar-refractivity contribution in [2.24, 2.45) is 0 Å². The molecule has 28 heavy (non-hydrogen) atoms. The Balaban J connectivity index is 1.52. The Bertz CT molecular complexity index is 790. The maximum Gasteiger partial charge on any atom is 0.410 e. The van der Waals surface area contributed by atoms with Gasteiger partial charge in [-0.25, -0.2) is 4.79 Å². The molecule has 1 aliphatic rings. The van der Waals surface area contributed by atoms with Crippen LogP contribution in [0.5, 0.6) is 0 Å². The SMILES string of the molecule is CN(Cc1cc(-c2ccc(Cl)cc2)no1)C1CCN(C(=O)OC(C)(C)C)CC1. The number of carbonyl (C=O) groups excluding carboxylic acids is 1. The molecule has 0 atom stereocenters. The highest BCUT2D eigenvalue weighted by Gasteiger charge is 2.28. The third-order valence-corrected chi connectivity index (χ3v) is 5.10. The van der Waals surface area contributed by atoms with E-state index in [1.54, 1.807) is 4.90 Å². The van der Waals surface area contributed by atoms with Gasteiger partial charge in [0.1, 0.15) is 11.3 Å². The number of halogens is 1. The van der Waals surface area contributed by atoms with Gasteiger partial charge in [0.2, 0.25) is 0 Å². The van der Waals surface area contributed by atoms with Crippen molar-refractivity contribution in [3.05, 3.63) is 41.1 Å². The molecule has 1 saturated heterocycles. The molecule has 0 spiro atoms. The van der Waals surface area contributed by atoms with E-state index in [1.807, 2.05) is 51.1 Å². The van der Waals surface area contributed by atoms with Gasteiger partial charge < -0.3 is 14.2 Å². The molecule has 1 fully saturated rings. The van der Waals surface area contributed by atoms with Crippen LogP contribution in [0.15, 0.2) is 34.9 Å². The number of hydrogen-bond acceptors (Lipinski definition) is 5. The second-order valence-electron chi connectivity index (χ2n) is 8.30. The fraction of sp³-hybridized carbons (Fsp3) is 0.524. The zero-order valence-corrected chi connectivity index (χ0v) is 17.7. The van der Waals surface area contributed by atoms with Crippen molar-refractivity contribution >= 4 is 17.7 Å². The Kier molecular flexibility index (Phi) is 6.30. The summed E-state index contributed by atoms with van der Waals surface area (Å²) in [7, 11) is 2.08. The zero-order chi connectivity index (χ0) is 20.3. The second-order valence-corrected chi connectivity index (χ2v) is 8.74. The maximum absolute atomic E-state index is 12.2. The van der Waals surface area contributed by atoms with Gasteiger partial charge in [0.15, 0.2) is 5.76 Å². The van der Waals surface area contributed by atoms with E-state index in [-0.39, 0.29) is 6.09 Å². The van der Waals surface area contributed by atoms with Crippen LogP contribution in [0.25, 0.3) is 11.3 Å². The number of nitrogens with zero attached hydrogens (tertiary/aromatic N) is 3. The number of hydrogen-bond donors (Lipinski definition) is 0. The van der Waals surface area contributed by atoms with Gasteiger partial charge in [-0.05, 0) is 52.8 Å². The third-order valence-electron chi connectivity index (χ3n) is 4.84. The van der Waals surface area contributed by atoms with Crippen molar-refractivity contribution < 1.29 is 14.1 Å². The van der Waals surface area contributed by atoms with Crippen LogP contribution in [0, 0.1) is 0 Å². The standard InChI is InChI=1S/C21H28ClN3O3/c1-21(2,3)27-20(26)25-11-9-17(10-12-25)24(4)14-18-13-19(23-28-18)15-5-7-16(22)8-6-15/h5-8,13,17H,9-12,14H2,1-4H3. The maximum atomic E-state index is 12.2. The first-order valence-corrected chi connectivity index (χ1v) is 9.99. The summed E-state index contributed by atoms with van der Waals surface area (Å²) < 4.78 is 11.0. The molecule has 6 nitrogen and oxygen atoms in total. The van der Waals surface area contributed by atoms with Crippen molar-refractivity contribution in [1.82, 2.24) is 15.0 Å². The number of amides is 1. The Labute approximate surface area is 171 Å². The molecule has 0 N–H and O–H groups in total. The van der Waals surface area contributed by atoms with E-state index in [0.717, 1.165) is 29.9 Å². The summed E-state index contributed by atoms with van der Waals surface area (Å²) in [5.41, 5.74) is 1.33. The smallest absolute Gasteiger partial charge is 0.410 e. The number of carbonyl (C=O) groups is 1. The quantitative estimate of drug-likeness (QED) is 0.729. The van der Waals surface area contributed by atoms with E-state index in [0.29, 0.717) is 30.7 Å². The highest BCUT2D eigenvalue weighted by molar-refractivity contribution is 6.30. The molecule has 0 unspecified atom stereocenters. The summed E-state index contributed by atoms with van der Waals surface area (Å²) in [4.78, 5) is 16.3. The van der Waals surface area contributed by atoms with Crippen LogP contribution >= 0.6 is 11.6 Å². The summed E-state index contributed by atoms with van der Waals surface area (Å²) in [6, 6.07) is 9.91. The highest BCUT2D eigenvalue weighted by atomic mass is 35.5. The number of benzene rings is 1.